The second-order valence-electron chi connectivity index (χ2n) is 4.76. The average molecular weight is 300 g/mol. The fraction of sp³-hybridized carbons (Fsp3) is 0.200. The van der Waals surface area contributed by atoms with Gasteiger partial charge in [0.05, 0.1) is 17.0 Å². The van der Waals surface area contributed by atoms with Crippen molar-refractivity contribution in [2.24, 2.45) is 5.73 Å². The highest BCUT2D eigenvalue weighted by atomic mass is 32.1. The van der Waals surface area contributed by atoms with E-state index in [1.807, 2.05) is 18.2 Å². The van der Waals surface area contributed by atoms with Crippen LogP contribution in [-0.4, -0.2) is 28.1 Å². The van der Waals surface area contributed by atoms with Crippen molar-refractivity contribution in [2.45, 2.75) is 13.8 Å². The molecule has 1 aromatic carbocycles. The summed E-state index contributed by atoms with van der Waals surface area (Å²) in [6.07, 6.45) is 0. The summed E-state index contributed by atoms with van der Waals surface area (Å²) in [7, 11) is 1.70. The number of amides is 1. The Balaban J connectivity index is 2.37. The Morgan fingerprint density at radius 1 is 1.24 bits per heavy atom. The molecule has 0 bridgehead atoms. The number of nitrogens with two attached hydrogens (primary N) is 1. The standard InChI is InChI=1S/C15H16N4OS/c1-9-7-13(10(2)18-17-9)15(20)19(3)12-6-4-5-11(8-12)14(16)21/h4-8H,1-3H3,(H2,16,21). The summed E-state index contributed by atoms with van der Waals surface area (Å²) in [6.45, 7) is 3.57. The smallest absolute Gasteiger partial charge is 0.259 e. The van der Waals surface area contributed by atoms with Crippen LogP contribution in [0.5, 0.6) is 0 Å². The van der Waals surface area contributed by atoms with Crippen LogP contribution in [0.4, 0.5) is 5.69 Å². The van der Waals surface area contributed by atoms with E-state index >= 15 is 0 Å². The van der Waals surface area contributed by atoms with Gasteiger partial charge in [0.25, 0.3) is 5.91 Å². The molecule has 0 saturated carbocycles. The molecule has 2 rings (SSSR count). The summed E-state index contributed by atoms with van der Waals surface area (Å²) in [5.74, 6) is -0.148. The zero-order valence-corrected chi connectivity index (χ0v) is 12.9. The largest absolute Gasteiger partial charge is 0.389 e. The van der Waals surface area contributed by atoms with Crippen molar-refractivity contribution in [1.82, 2.24) is 10.2 Å². The Morgan fingerprint density at radius 2 is 1.95 bits per heavy atom. The summed E-state index contributed by atoms with van der Waals surface area (Å²) in [5, 5.41) is 7.92. The number of thiocarbonyl (C=S) groups is 1. The number of hydrogen-bond acceptors (Lipinski definition) is 4. The lowest BCUT2D eigenvalue weighted by atomic mass is 10.1. The number of aryl methyl sites for hydroxylation is 2. The first-order valence-corrected chi connectivity index (χ1v) is 6.80. The zero-order chi connectivity index (χ0) is 15.6. The summed E-state index contributed by atoms with van der Waals surface area (Å²) >= 11 is 4.96. The fourth-order valence-electron chi connectivity index (χ4n) is 1.93. The lowest BCUT2D eigenvalue weighted by molar-refractivity contribution is 0.0991. The molecule has 0 radical (unpaired) electrons. The maximum Gasteiger partial charge on any atom is 0.259 e. The van der Waals surface area contributed by atoms with Crippen molar-refractivity contribution in [3.63, 3.8) is 0 Å². The third-order valence-corrected chi connectivity index (χ3v) is 3.39. The summed E-state index contributed by atoms with van der Waals surface area (Å²) in [4.78, 5) is 14.4. The van der Waals surface area contributed by atoms with Crippen LogP contribution >= 0.6 is 12.2 Å². The molecule has 6 heteroatoms. The summed E-state index contributed by atoms with van der Waals surface area (Å²) < 4.78 is 0. The first-order chi connectivity index (χ1) is 9.90. The van der Waals surface area contributed by atoms with Gasteiger partial charge in [0.1, 0.15) is 4.99 Å². The van der Waals surface area contributed by atoms with Crippen molar-refractivity contribution >= 4 is 28.8 Å². The third kappa shape index (κ3) is 3.22. The topological polar surface area (TPSA) is 72.1 Å². The zero-order valence-electron chi connectivity index (χ0n) is 12.1. The molecule has 21 heavy (non-hydrogen) atoms. The second kappa shape index (κ2) is 5.97. The van der Waals surface area contributed by atoms with Gasteiger partial charge in [-0.25, -0.2) is 0 Å². The number of hydrogen-bond donors (Lipinski definition) is 1. The van der Waals surface area contributed by atoms with Gasteiger partial charge in [0.2, 0.25) is 0 Å². The SMILES string of the molecule is Cc1cc(C(=O)N(C)c2cccc(C(N)=S)c2)c(C)nn1. The van der Waals surface area contributed by atoms with Crippen molar-refractivity contribution in [3.8, 4) is 0 Å². The molecule has 0 aliphatic rings. The van der Waals surface area contributed by atoms with Gasteiger partial charge in [-0.3, -0.25) is 4.79 Å². The highest BCUT2D eigenvalue weighted by molar-refractivity contribution is 7.80. The lowest BCUT2D eigenvalue weighted by Gasteiger charge is -2.19. The molecular weight excluding hydrogens is 284 g/mol. The Bertz CT molecular complexity index is 715. The molecule has 0 spiro atoms. The predicted octanol–water partition coefficient (Wildman–Crippen LogP) is 2.00. The van der Waals surface area contributed by atoms with Crippen molar-refractivity contribution < 1.29 is 4.79 Å². The van der Waals surface area contributed by atoms with Gasteiger partial charge in [0, 0.05) is 18.3 Å². The van der Waals surface area contributed by atoms with E-state index in [2.05, 4.69) is 10.2 Å². The molecule has 0 fully saturated rings. The quantitative estimate of drug-likeness (QED) is 0.878. The van der Waals surface area contributed by atoms with Gasteiger partial charge in [0.15, 0.2) is 0 Å². The molecule has 108 valence electrons. The third-order valence-electron chi connectivity index (χ3n) is 3.15. The molecule has 1 amide bonds. The minimum atomic E-state index is -0.148. The number of anilines is 1. The van der Waals surface area contributed by atoms with Gasteiger partial charge in [-0.05, 0) is 32.0 Å². The van der Waals surface area contributed by atoms with Gasteiger partial charge in [-0.15, -0.1) is 0 Å². The Kier molecular flexibility index (Phi) is 4.28. The van der Waals surface area contributed by atoms with Crippen LogP contribution in [0.25, 0.3) is 0 Å². The molecule has 2 aromatic rings. The van der Waals surface area contributed by atoms with Crippen molar-refractivity contribution in [2.75, 3.05) is 11.9 Å². The van der Waals surface area contributed by atoms with Gasteiger partial charge >= 0.3 is 0 Å². The lowest BCUT2D eigenvalue weighted by Crippen LogP contribution is -2.27. The van der Waals surface area contributed by atoms with E-state index < -0.39 is 0 Å². The maximum absolute atomic E-state index is 12.6. The van der Waals surface area contributed by atoms with E-state index in [0.717, 1.165) is 11.3 Å². The minimum Gasteiger partial charge on any atom is -0.389 e. The van der Waals surface area contributed by atoms with E-state index in [1.165, 1.54) is 0 Å². The maximum atomic E-state index is 12.6. The highest BCUT2D eigenvalue weighted by Crippen LogP contribution is 2.18. The molecule has 0 unspecified atom stereocenters. The number of rotatable bonds is 3. The van der Waals surface area contributed by atoms with Crippen LogP contribution in [-0.2, 0) is 0 Å². The molecule has 0 saturated heterocycles. The average Bonchev–Trinajstić information content (AvgIpc) is 2.48. The van der Waals surface area contributed by atoms with E-state index in [9.17, 15) is 4.79 Å². The fourth-order valence-corrected chi connectivity index (χ4v) is 2.06. The second-order valence-corrected chi connectivity index (χ2v) is 5.20. The summed E-state index contributed by atoms with van der Waals surface area (Å²) in [6, 6.07) is 8.98. The molecule has 2 N–H and O–H groups in total. The first-order valence-electron chi connectivity index (χ1n) is 6.39. The minimum absolute atomic E-state index is 0.148. The molecule has 1 heterocycles. The summed E-state index contributed by atoms with van der Waals surface area (Å²) in [5.41, 5.74) is 8.91. The molecular formula is C15H16N4OS. The molecule has 0 aliphatic heterocycles. The molecule has 0 aliphatic carbocycles. The van der Waals surface area contributed by atoms with Gasteiger partial charge < -0.3 is 10.6 Å². The normalized spacial score (nSPS) is 10.2. The van der Waals surface area contributed by atoms with Crippen LogP contribution in [0, 0.1) is 13.8 Å². The number of carbonyl (C=O) groups excluding carboxylic acids is 1. The predicted molar refractivity (Wildman–Crippen MR) is 86.6 cm³/mol. The van der Waals surface area contributed by atoms with Crippen molar-refractivity contribution in [3.05, 3.63) is 52.8 Å². The van der Waals surface area contributed by atoms with Crippen LogP contribution in [0.15, 0.2) is 30.3 Å². The van der Waals surface area contributed by atoms with Crippen molar-refractivity contribution in [1.29, 1.82) is 0 Å². The Hall–Kier alpha value is -2.34. The highest BCUT2D eigenvalue weighted by Gasteiger charge is 2.17. The number of aromatic nitrogens is 2. The molecule has 5 nitrogen and oxygen atoms in total. The van der Waals surface area contributed by atoms with Crippen LogP contribution in [0.2, 0.25) is 0 Å². The van der Waals surface area contributed by atoms with Crippen LogP contribution in [0.3, 0.4) is 0 Å². The van der Waals surface area contributed by atoms with E-state index in [0.29, 0.717) is 21.9 Å². The van der Waals surface area contributed by atoms with Gasteiger partial charge in [-0.1, -0.05) is 24.4 Å². The Labute approximate surface area is 128 Å². The van der Waals surface area contributed by atoms with Gasteiger partial charge in [-0.2, -0.15) is 10.2 Å². The van der Waals surface area contributed by atoms with E-state index in [1.54, 1.807) is 37.9 Å². The van der Waals surface area contributed by atoms with E-state index in [4.69, 9.17) is 18.0 Å². The molecule has 1 aromatic heterocycles. The monoisotopic (exact) mass is 300 g/mol. The number of carbonyl (C=O) groups is 1. The van der Waals surface area contributed by atoms with Crippen LogP contribution in [0.1, 0.15) is 27.3 Å². The van der Waals surface area contributed by atoms with E-state index in [-0.39, 0.29) is 5.91 Å². The Morgan fingerprint density at radius 3 is 2.62 bits per heavy atom. The number of benzene rings is 1. The molecule has 0 atom stereocenters. The number of nitrogens with zero attached hydrogens (tertiary/aromatic N) is 3. The van der Waals surface area contributed by atoms with Crippen LogP contribution < -0.4 is 10.6 Å². The first kappa shape index (κ1) is 15.1.